The second-order valence-corrected chi connectivity index (χ2v) is 5.11. The van der Waals surface area contributed by atoms with Crippen molar-refractivity contribution in [3.05, 3.63) is 63.0 Å². The number of carbonyl (C=O) groups is 1. The Morgan fingerprint density at radius 2 is 2.00 bits per heavy atom. The second kappa shape index (κ2) is 5.48. The van der Waals surface area contributed by atoms with Crippen molar-refractivity contribution < 1.29 is 9.18 Å². The first-order valence-electron chi connectivity index (χ1n) is 5.39. The molecule has 0 bridgehead atoms. The third kappa shape index (κ3) is 3.07. The molecule has 2 nitrogen and oxygen atoms in total. The smallest absolute Gasteiger partial charge is 0.255 e. The molecule has 2 aromatic carbocycles. The Bertz CT molecular complexity index is 598. The predicted octanol–water partition coefficient (Wildman–Crippen LogP) is 3.99. The number of nitrogens with one attached hydrogen (secondary N) is 1. The summed E-state index contributed by atoms with van der Waals surface area (Å²) in [5, 5.41) is 2.77. The number of aryl methyl sites for hydroxylation is 1. The van der Waals surface area contributed by atoms with Crippen LogP contribution in [0.3, 0.4) is 0 Å². The van der Waals surface area contributed by atoms with E-state index in [9.17, 15) is 9.18 Å². The SMILES string of the molecule is Cc1ccc(NC(=O)c2cccc(F)c2)c(I)c1. The third-order valence-corrected chi connectivity index (χ3v) is 3.35. The molecule has 92 valence electrons. The highest BCUT2D eigenvalue weighted by atomic mass is 127. The lowest BCUT2D eigenvalue weighted by Gasteiger charge is -2.08. The van der Waals surface area contributed by atoms with Gasteiger partial charge in [-0.15, -0.1) is 0 Å². The minimum absolute atomic E-state index is 0.309. The van der Waals surface area contributed by atoms with Gasteiger partial charge in [0.25, 0.3) is 5.91 Å². The van der Waals surface area contributed by atoms with Gasteiger partial charge >= 0.3 is 0 Å². The Hall–Kier alpha value is -1.43. The summed E-state index contributed by atoms with van der Waals surface area (Å²) in [6.07, 6.45) is 0. The number of amides is 1. The van der Waals surface area contributed by atoms with Gasteiger partial charge in [-0.05, 0) is 65.4 Å². The Morgan fingerprint density at radius 3 is 2.67 bits per heavy atom. The van der Waals surface area contributed by atoms with Crippen LogP contribution in [-0.4, -0.2) is 5.91 Å². The summed E-state index contributed by atoms with van der Waals surface area (Å²) in [4.78, 5) is 11.9. The summed E-state index contributed by atoms with van der Waals surface area (Å²) in [5.41, 5.74) is 2.17. The Labute approximate surface area is 118 Å². The fraction of sp³-hybridized carbons (Fsp3) is 0.0714. The first-order chi connectivity index (χ1) is 8.56. The fourth-order valence-corrected chi connectivity index (χ4v) is 2.35. The van der Waals surface area contributed by atoms with Gasteiger partial charge in [0.05, 0.1) is 5.69 Å². The van der Waals surface area contributed by atoms with Gasteiger partial charge in [-0.2, -0.15) is 0 Å². The van der Waals surface area contributed by atoms with Crippen LogP contribution >= 0.6 is 22.6 Å². The summed E-state index contributed by atoms with van der Waals surface area (Å²) in [7, 11) is 0. The molecule has 0 aromatic heterocycles. The van der Waals surface area contributed by atoms with Crippen molar-refractivity contribution in [1.82, 2.24) is 0 Å². The van der Waals surface area contributed by atoms with Gasteiger partial charge in [-0.3, -0.25) is 4.79 Å². The molecule has 2 aromatic rings. The van der Waals surface area contributed by atoms with Crippen LogP contribution in [-0.2, 0) is 0 Å². The van der Waals surface area contributed by atoms with Crippen LogP contribution in [0.1, 0.15) is 15.9 Å². The number of hydrogen-bond acceptors (Lipinski definition) is 1. The van der Waals surface area contributed by atoms with Gasteiger partial charge in [0.15, 0.2) is 0 Å². The number of rotatable bonds is 2. The predicted molar refractivity (Wildman–Crippen MR) is 78.2 cm³/mol. The number of benzene rings is 2. The molecule has 0 aliphatic heterocycles. The number of hydrogen-bond donors (Lipinski definition) is 1. The molecule has 1 amide bonds. The average molecular weight is 355 g/mol. The minimum atomic E-state index is -0.416. The molecule has 1 N–H and O–H groups in total. The topological polar surface area (TPSA) is 29.1 Å². The molecule has 2 rings (SSSR count). The summed E-state index contributed by atoms with van der Waals surface area (Å²) in [6.45, 7) is 1.99. The molecule has 0 atom stereocenters. The highest BCUT2D eigenvalue weighted by Crippen LogP contribution is 2.20. The van der Waals surface area contributed by atoms with E-state index in [2.05, 4.69) is 27.9 Å². The molecule has 18 heavy (non-hydrogen) atoms. The maximum absolute atomic E-state index is 13.0. The summed E-state index contributed by atoms with van der Waals surface area (Å²) >= 11 is 2.16. The van der Waals surface area contributed by atoms with Gasteiger partial charge in [0.2, 0.25) is 0 Å². The zero-order valence-corrected chi connectivity index (χ0v) is 11.9. The first kappa shape index (κ1) is 13.0. The molecule has 4 heteroatoms. The lowest BCUT2D eigenvalue weighted by molar-refractivity contribution is 0.102. The normalized spacial score (nSPS) is 10.2. The Morgan fingerprint density at radius 1 is 1.22 bits per heavy atom. The van der Waals surface area contributed by atoms with Crippen LogP contribution in [0.25, 0.3) is 0 Å². The molecule has 0 saturated heterocycles. The lowest BCUT2D eigenvalue weighted by Crippen LogP contribution is -2.13. The number of carbonyl (C=O) groups excluding carboxylic acids is 1. The van der Waals surface area contributed by atoms with Crippen LogP contribution in [0, 0.1) is 16.3 Å². The monoisotopic (exact) mass is 355 g/mol. The summed E-state index contributed by atoms with van der Waals surface area (Å²) in [6, 6.07) is 11.4. The summed E-state index contributed by atoms with van der Waals surface area (Å²) < 4.78 is 14.0. The molecule has 0 heterocycles. The average Bonchev–Trinajstić information content (AvgIpc) is 2.32. The molecular formula is C14H11FINO. The van der Waals surface area contributed by atoms with Crippen LogP contribution in [0.15, 0.2) is 42.5 Å². The van der Waals surface area contributed by atoms with Crippen LogP contribution < -0.4 is 5.32 Å². The van der Waals surface area contributed by atoms with Gasteiger partial charge in [-0.1, -0.05) is 12.1 Å². The van der Waals surface area contributed by atoms with E-state index < -0.39 is 5.82 Å². The van der Waals surface area contributed by atoms with Crippen molar-refractivity contribution in [3.63, 3.8) is 0 Å². The van der Waals surface area contributed by atoms with Crippen LogP contribution in [0.4, 0.5) is 10.1 Å². The molecule has 0 spiro atoms. The largest absolute Gasteiger partial charge is 0.321 e. The molecule has 0 unspecified atom stereocenters. The van der Waals surface area contributed by atoms with E-state index in [-0.39, 0.29) is 5.91 Å². The van der Waals surface area contributed by atoms with Crippen LogP contribution in [0.5, 0.6) is 0 Å². The first-order valence-corrected chi connectivity index (χ1v) is 6.47. The molecular weight excluding hydrogens is 344 g/mol. The highest BCUT2D eigenvalue weighted by molar-refractivity contribution is 14.1. The Kier molecular flexibility index (Phi) is 3.96. The second-order valence-electron chi connectivity index (χ2n) is 3.95. The van der Waals surface area contributed by atoms with Crippen molar-refractivity contribution >= 4 is 34.2 Å². The van der Waals surface area contributed by atoms with E-state index in [4.69, 9.17) is 0 Å². The maximum Gasteiger partial charge on any atom is 0.255 e. The van der Waals surface area contributed by atoms with Crippen molar-refractivity contribution in [2.24, 2.45) is 0 Å². The van der Waals surface area contributed by atoms with E-state index in [1.807, 2.05) is 25.1 Å². The zero-order chi connectivity index (χ0) is 13.1. The molecule has 0 saturated carbocycles. The van der Waals surface area contributed by atoms with Gasteiger partial charge in [0.1, 0.15) is 5.82 Å². The van der Waals surface area contributed by atoms with E-state index in [1.54, 1.807) is 6.07 Å². The standard InChI is InChI=1S/C14H11FINO/c1-9-5-6-13(12(16)7-9)17-14(18)10-3-2-4-11(15)8-10/h2-8H,1H3,(H,17,18). The van der Waals surface area contributed by atoms with Gasteiger partial charge in [-0.25, -0.2) is 4.39 Å². The Balaban J connectivity index is 2.21. The van der Waals surface area contributed by atoms with E-state index in [0.717, 1.165) is 14.8 Å². The maximum atomic E-state index is 13.0. The van der Waals surface area contributed by atoms with E-state index in [1.165, 1.54) is 18.2 Å². The van der Waals surface area contributed by atoms with Crippen LogP contribution in [0.2, 0.25) is 0 Å². The molecule has 0 fully saturated rings. The van der Waals surface area contributed by atoms with Crippen molar-refractivity contribution in [2.45, 2.75) is 6.92 Å². The van der Waals surface area contributed by atoms with Crippen molar-refractivity contribution in [3.8, 4) is 0 Å². The van der Waals surface area contributed by atoms with E-state index >= 15 is 0 Å². The van der Waals surface area contributed by atoms with Crippen molar-refractivity contribution in [1.29, 1.82) is 0 Å². The van der Waals surface area contributed by atoms with Gasteiger partial charge in [0, 0.05) is 9.13 Å². The third-order valence-electron chi connectivity index (χ3n) is 2.46. The summed E-state index contributed by atoms with van der Waals surface area (Å²) in [5.74, 6) is -0.725. The molecule has 0 aliphatic carbocycles. The fourth-order valence-electron chi connectivity index (χ4n) is 1.55. The van der Waals surface area contributed by atoms with E-state index in [0.29, 0.717) is 5.56 Å². The lowest BCUT2D eigenvalue weighted by atomic mass is 10.2. The number of anilines is 1. The van der Waals surface area contributed by atoms with Crippen molar-refractivity contribution in [2.75, 3.05) is 5.32 Å². The van der Waals surface area contributed by atoms with Gasteiger partial charge < -0.3 is 5.32 Å². The minimum Gasteiger partial charge on any atom is -0.321 e. The molecule has 0 radical (unpaired) electrons. The zero-order valence-electron chi connectivity index (χ0n) is 9.71. The number of halogens is 2. The highest BCUT2D eigenvalue weighted by Gasteiger charge is 2.08. The molecule has 0 aliphatic rings. The quantitative estimate of drug-likeness (QED) is 0.811.